The topological polar surface area (TPSA) is 107 Å². The molecule has 0 bridgehead atoms. The highest BCUT2D eigenvalue weighted by molar-refractivity contribution is 7.89. The van der Waals surface area contributed by atoms with Crippen LogP contribution in [0, 0.1) is 0 Å². The van der Waals surface area contributed by atoms with E-state index in [0.717, 1.165) is 0 Å². The molecule has 32 heavy (non-hydrogen) atoms. The smallest absolute Gasteiger partial charge is 0.388 e. The first-order chi connectivity index (χ1) is 14.8. The van der Waals surface area contributed by atoms with Gasteiger partial charge >= 0.3 is 6.18 Å². The third kappa shape index (κ3) is 5.87. The van der Waals surface area contributed by atoms with E-state index in [1.54, 1.807) is 20.8 Å². The van der Waals surface area contributed by atoms with Crippen LogP contribution in [-0.4, -0.2) is 48.2 Å². The first-order valence-corrected chi connectivity index (χ1v) is 11.6. The van der Waals surface area contributed by atoms with Crippen LogP contribution in [0.4, 0.5) is 30.6 Å². The number of hydrogen-bond donors (Lipinski definition) is 3. The van der Waals surface area contributed by atoms with Crippen molar-refractivity contribution in [3.63, 3.8) is 0 Å². The Labute approximate surface area is 184 Å². The predicted molar refractivity (Wildman–Crippen MR) is 114 cm³/mol. The molecular formula is C20H26F3N5O3S. The summed E-state index contributed by atoms with van der Waals surface area (Å²) in [6.45, 7) is 5.33. The lowest BCUT2D eigenvalue weighted by Gasteiger charge is -2.38. The first-order valence-electron chi connectivity index (χ1n) is 10.1. The van der Waals surface area contributed by atoms with Crippen LogP contribution in [0.3, 0.4) is 0 Å². The van der Waals surface area contributed by atoms with Crippen molar-refractivity contribution in [2.24, 2.45) is 0 Å². The Hall–Kier alpha value is -2.44. The maximum Gasteiger partial charge on any atom is 0.421 e. The number of nitrogens with one attached hydrogen (secondary N) is 2. The van der Waals surface area contributed by atoms with E-state index in [0.29, 0.717) is 31.3 Å². The van der Waals surface area contributed by atoms with Crippen molar-refractivity contribution >= 4 is 27.5 Å². The van der Waals surface area contributed by atoms with Crippen molar-refractivity contribution < 1.29 is 26.7 Å². The zero-order valence-electron chi connectivity index (χ0n) is 17.9. The molecule has 0 amide bonds. The van der Waals surface area contributed by atoms with E-state index in [1.165, 1.54) is 29.2 Å². The largest absolute Gasteiger partial charge is 0.421 e. The number of β-amino-alcohol motifs (C(OH)–C–C–N with tert-alkyl or cyclic N) is 1. The molecular weight excluding hydrogens is 447 g/mol. The van der Waals surface area contributed by atoms with Gasteiger partial charge < -0.3 is 15.3 Å². The van der Waals surface area contributed by atoms with Crippen LogP contribution in [0.5, 0.6) is 0 Å². The van der Waals surface area contributed by atoms with Gasteiger partial charge in [0.1, 0.15) is 11.4 Å². The molecule has 2 aromatic rings. The van der Waals surface area contributed by atoms with Crippen molar-refractivity contribution in [1.82, 2.24) is 14.7 Å². The van der Waals surface area contributed by atoms with E-state index < -0.39 is 27.4 Å². The Morgan fingerprint density at radius 1 is 1.22 bits per heavy atom. The highest BCUT2D eigenvalue weighted by atomic mass is 32.2. The highest BCUT2D eigenvalue weighted by Crippen LogP contribution is 2.37. The van der Waals surface area contributed by atoms with Crippen molar-refractivity contribution in [2.75, 3.05) is 23.3 Å². The van der Waals surface area contributed by atoms with E-state index in [2.05, 4.69) is 20.0 Å². The molecule has 1 aromatic carbocycles. The fraction of sp³-hybridized carbons (Fsp3) is 0.500. The molecule has 12 heteroatoms. The van der Waals surface area contributed by atoms with Gasteiger partial charge in [0.2, 0.25) is 16.0 Å². The summed E-state index contributed by atoms with van der Waals surface area (Å²) in [7, 11) is -3.67. The molecule has 0 radical (unpaired) electrons. The molecule has 1 saturated heterocycles. The first kappa shape index (κ1) is 24.2. The van der Waals surface area contributed by atoms with E-state index in [9.17, 15) is 26.7 Å². The van der Waals surface area contributed by atoms with Crippen LogP contribution in [0.15, 0.2) is 35.4 Å². The molecule has 3 rings (SSSR count). The average molecular weight is 474 g/mol. The van der Waals surface area contributed by atoms with Crippen LogP contribution < -0.4 is 14.9 Å². The fourth-order valence-corrected chi connectivity index (χ4v) is 4.75. The van der Waals surface area contributed by atoms with Gasteiger partial charge in [0, 0.05) is 31.0 Å². The van der Waals surface area contributed by atoms with Crippen molar-refractivity contribution in [1.29, 1.82) is 0 Å². The zero-order chi connectivity index (χ0) is 23.7. The van der Waals surface area contributed by atoms with E-state index in [4.69, 9.17) is 0 Å². The molecule has 3 N–H and O–H groups in total. The SMILES string of the molecule is CC(C)NS(=O)(=O)c1ccc(Nc2ncc(C(F)(F)F)c(N3CCC[C@](C)(O)C3)n2)cc1. The second-order valence-electron chi connectivity index (χ2n) is 8.38. The van der Waals surface area contributed by atoms with Crippen LogP contribution in [0.1, 0.15) is 39.2 Å². The van der Waals surface area contributed by atoms with Gasteiger partial charge in [0.05, 0.1) is 10.5 Å². The third-order valence-electron chi connectivity index (χ3n) is 4.86. The minimum absolute atomic E-state index is 0.0158. The number of piperidine rings is 1. The average Bonchev–Trinajstić information content (AvgIpc) is 2.66. The molecule has 1 aromatic heterocycles. The van der Waals surface area contributed by atoms with Gasteiger partial charge in [-0.25, -0.2) is 18.1 Å². The highest BCUT2D eigenvalue weighted by Gasteiger charge is 2.39. The number of rotatable bonds is 6. The number of hydrogen-bond acceptors (Lipinski definition) is 7. The van der Waals surface area contributed by atoms with Crippen LogP contribution in [0.2, 0.25) is 0 Å². The second-order valence-corrected chi connectivity index (χ2v) is 10.1. The molecule has 1 atom stereocenters. The zero-order valence-corrected chi connectivity index (χ0v) is 18.8. The van der Waals surface area contributed by atoms with Crippen LogP contribution in [0.25, 0.3) is 0 Å². The summed E-state index contributed by atoms with van der Waals surface area (Å²) in [6, 6.07) is 5.43. The minimum Gasteiger partial charge on any atom is -0.388 e. The molecule has 1 fully saturated rings. The van der Waals surface area contributed by atoms with Crippen molar-refractivity contribution in [3.8, 4) is 0 Å². The molecule has 0 unspecified atom stereocenters. The van der Waals surface area contributed by atoms with Crippen LogP contribution in [-0.2, 0) is 16.2 Å². The van der Waals surface area contributed by atoms with Gasteiger partial charge in [-0.3, -0.25) is 0 Å². The quantitative estimate of drug-likeness (QED) is 0.591. The predicted octanol–water partition coefficient (Wildman–Crippen LogP) is 3.28. The Morgan fingerprint density at radius 3 is 2.44 bits per heavy atom. The number of anilines is 3. The number of nitrogens with zero attached hydrogens (tertiary/aromatic N) is 3. The monoisotopic (exact) mass is 473 g/mol. The van der Waals surface area contributed by atoms with Gasteiger partial charge in [-0.05, 0) is 57.9 Å². The van der Waals surface area contributed by atoms with Crippen molar-refractivity contribution in [3.05, 3.63) is 36.0 Å². The Bertz CT molecular complexity index is 1060. The molecule has 0 spiro atoms. The lowest BCUT2D eigenvalue weighted by Crippen LogP contribution is -2.47. The summed E-state index contributed by atoms with van der Waals surface area (Å²) in [5.74, 6) is -0.385. The summed E-state index contributed by atoms with van der Waals surface area (Å²) >= 11 is 0. The molecule has 0 aliphatic carbocycles. The number of aromatic nitrogens is 2. The maximum absolute atomic E-state index is 13.5. The van der Waals surface area contributed by atoms with Gasteiger partial charge in [0.15, 0.2) is 0 Å². The van der Waals surface area contributed by atoms with Gasteiger partial charge in [-0.2, -0.15) is 18.2 Å². The number of aliphatic hydroxyl groups is 1. The molecule has 1 aliphatic rings. The Morgan fingerprint density at radius 2 is 1.88 bits per heavy atom. The summed E-state index contributed by atoms with van der Waals surface area (Å²) in [5, 5.41) is 13.1. The fourth-order valence-electron chi connectivity index (χ4n) is 3.50. The Balaban J connectivity index is 1.88. The van der Waals surface area contributed by atoms with E-state index >= 15 is 0 Å². The molecule has 1 aliphatic heterocycles. The lowest BCUT2D eigenvalue weighted by atomic mass is 9.95. The van der Waals surface area contributed by atoms with E-state index in [1.807, 2.05) is 0 Å². The number of sulfonamides is 1. The maximum atomic E-state index is 13.5. The van der Waals surface area contributed by atoms with Gasteiger partial charge in [-0.1, -0.05) is 0 Å². The normalized spacial score (nSPS) is 19.9. The molecule has 8 nitrogen and oxygen atoms in total. The number of halogens is 3. The second kappa shape index (κ2) is 8.83. The third-order valence-corrected chi connectivity index (χ3v) is 6.53. The molecule has 176 valence electrons. The van der Waals surface area contributed by atoms with Crippen molar-refractivity contribution in [2.45, 2.75) is 56.3 Å². The standard InChI is InChI=1S/C20H26F3N5O3S/c1-13(2)27-32(30,31)15-7-5-14(6-8-15)25-18-24-11-16(20(21,22)23)17(26-18)28-10-4-9-19(3,29)12-28/h5-8,11,13,27,29H,4,9-10,12H2,1-3H3,(H,24,25,26)/t19-/m0/s1. The van der Waals surface area contributed by atoms with Crippen LogP contribution >= 0.6 is 0 Å². The van der Waals surface area contributed by atoms with Gasteiger partial charge in [0.25, 0.3) is 0 Å². The molecule has 2 heterocycles. The lowest BCUT2D eigenvalue weighted by molar-refractivity contribution is -0.137. The summed E-state index contributed by atoms with van der Waals surface area (Å²) < 4.78 is 67.6. The minimum atomic E-state index is -4.66. The number of benzene rings is 1. The summed E-state index contributed by atoms with van der Waals surface area (Å²) in [5.41, 5.74) is -1.70. The Kier molecular flexibility index (Phi) is 6.68. The van der Waals surface area contributed by atoms with E-state index in [-0.39, 0.29) is 29.2 Å². The van der Waals surface area contributed by atoms with Gasteiger partial charge in [-0.15, -0.1) is 0 Å². The summed E-state index contributed by atoms with van der Waals surface area (Å²) in [4.78, 5) is 9.32. The number of alkyl halides is 3. The summed E-state index contributed by atoms with van der Waals surface area (Å²) in [6.07, 6.45) is -2.94. The molecule has 0 saturated carbocycles.